The normalized spacial score (nSPS) is 16.2. The van der Waals surface area contributed by atoms with Crippen LogP contribution in [0.2, 0.25) is 0 Å². The van der Waals surface area contributed by atoms with E-state index in [4.69, 9.17) is 14.2 Å². The molecule has 3 rings (SSSR count). The number of sulfonamides is 1. The molecule has 27 heavy (non-hydrogen) atoms. The Labute approximate surface area is 160 Å². The summed E-state index contributed by atoms with van der Waals surface area (Å²) >= 11 is 0. The van der Waals surface area contributed by atoms with E-state index >= 15 is 0 Å². The highest BCUT2D eigenvalue weighted by Crippen LogP contribution is 2.31. The second-order valence-corrected chi connectivity index (χ2v) is 8.35. The Morgan fingerprint density at radius 2 is 1.63 bits per heavy atom. The number of ether oxygens (including phenoxy) is 3. The molecule has 1 aliphatic heterocycles. The van der Waals surface area contributed by atoms with E-state index in [0.717, 1.165) is 5.56 Å². The molecule has 0 saturated carbocycles. The second kappa shape index (κ2) is 8.73. The number of methoxy groups -OCH3 is 2. The van der Waals surface area contributed by atoms with Crippen LogP contribution in [0.4, 0.5) is 0 Å². The smallest absolute Gasteiger partial charge is 0.243 e. The van der Waals surface area contributed by atoms with Gasteiger partial charge >= 0.3 is 0 Å². The van der Waals surface area contributed by atoms with Gasteiger partial charge in [-0.3, -0.25) is 0 Å². The highest BCUT2D eigenvalue weighted by Gasteiger charge is 2.30. The van der Waals surface area contributed by atoms with Crippen LogP contribution >= 0.6 is 0 Å². The molecule has 0 N–H and O–H groups in total. The molecule has 0 amide bonds. The topological polar surface area (TPSA) is 65.1 Å². The van der Waals surface area contributed by atoms with Crippen LogP contribution < -0.4 is 9.47 Å². The molecule has 0 aromatic heterocycles. The van der Waals surface area contributed by atoms with Crippen LogP contribution in [0.3, 0.4) is 0 Å². The van der Waals surface area contributed by atoms with E-state index in [1.807, 2.05) is 30.3 Å². The van der Waals surface area contributed by atoms with Gasteiger partial charge in [-0.05, 0) is 30.5 Å². The molecule has 7 heteroatoms. The van der Waals surface area contributed by atoms with Crippen LogP contribution in [0.1, 0.15) is 18.4 Å². The van der Waals surface area contributed by atoms with E-state index in [2.05, 4.69) is 0 Å². The van der Waals surface area contributed by atoms with Crippen LogP contribution in [0.15, 0.2) is 53.4 Å². The fraction of sp³-hybridized carbons (Fsp3) is 0.400. The Bertz CT molecular complexity index is 846. The molecule has 0 radical (unpaired) electrons. The first kappa shape index (κ1) is 19.7. The number of hydrogen-bond acceptors (Lipinski definition) is 5. The molecular formula is C20H25NO5S. The van der Waals surface area contributed by atoms with E-state index in [0.29, 0.717) is 44.0 Å². The summed E-state index contributed by atoms with van der Waals surface area (Å²) in [5.74, 6) is 0.907. The van der Waals surface area contributed by atoms with Gasteiger partial charge in [0.15, 0.2) is 11.5 Å². The Morgan fingerprint density at radius 1 is 0.963 bits per heavy atom. The molecule has 0 bridgehead atoms. The predicted octanol–water partition coefficient (Wildman–Crippen LogP) is 3.07. The molecule has 0 aliphatic carbocycles. The van der Waals surface area contributed by atoms with Crippen molar-refractivity contribution in [2.75, 3.05) is 27.3 Å². The van der Waals surface area contributed by atoms with E-state index in [1.165, 1.54) is 24.6 Å². The monoisotopic (exact) mass is 391 g/mol. The lowest BCUT2D eigenvalue weighted by Crippen LogP contribution is -2.40. The van der Waals surface area contributed by atoms with Crippen molar-refractivity contribution in [1.29, 1.82) is 0 Å². The summed E-state index contributed by atoms with van der Waals surface area (Å²) in [5.41, 5.74) is 1.12. The summed E-state index contributed by atoms with van der Waals surface area (Å²) in [6, 6.07) is 14.7. The maximum atomic E-state index is 12.9. The van der Waals surface area contributed by atoms with Crippen LogP contribution in [0, 0.1) is 0 Å². The molecule has 0 atom stereocenters. The van der Waals surface area contributed by atoms with Crippen molar-refractivity contribution in [3.05, 3.63) is 54.1 Å². The van der Waals surface area contributed by atoms with Gasteiger partial charge in [0.25, 0.3) is 0 Å². The zero-order chi connectivity index (χ0) is 19.3. The SMILES string of the molecule is COc1ccc(S(=O)(=O)N2CCC(OCc3ccccc3)CC2)cc1OC. The van der Waals surface area contributed by atoms with Crippen molar-refractivity contribution in [2.24, 2.45) is 0 Å². The van der Waals surface area contributed by atoms with Gasteiger partial charge in [-0.15, -0.1) is 0 Å². The van der Waals surface area contributed by atoms with Crippen molar-refractivity contribution >= 4 is 10.0 Å². The molecule has 0 unspecified atom stereocenters. The molecule has 2 aromatic rings. The summed E-state index contributed by atoms with van der Waals surface area (Å²) in [5, 5.41) is 0. The highest BCUT2D eigenvalue weighted by atomic mass is 32.2. The van der Waals surface area contributed by atoms with Crippen LogP contribution in [0.5, 0.6) is 11.5 Å². The Balaban J connectivity index is 1.61. The van der Waals surface area contributed by atoms with Crippen LogP contribution in [-0.4, -0.2) is 46.1 Å². The third-order valence-corrected chi connectivity index (χ3v) is 6.62. The van der Waals surface area contributed by atoms with Crippen molar-refractivity contribution in [3.63, 3.8) is 0 Å². The number of benzene rings is 2. The largest absolute Gasteiger partial charge is 0.493 e. The minimum absolute atomic E-state index is 0.0714. The summed E-state index contributed by atoms with van der Waals surface area (Å²) in [6.45, 7) is 1.43. The van der Waals surface area contributed by atoms with Gasteiger partial charge in [0.2, 0.25) is 10.0 Å². The fourth-order valence-corrected chi connectivity index (χ4v) is 4.64. The van der Waals surface area contributed by atoms with Crippen molar-refractivity contribution < 1.29 is 22.6 Å². The number of hydrogen-bond donors (Lipinski definition) is 0. The van der Waals surface area contributed by atoms with E-state index in [-0.39, 0.29) is 11.0 Å². The molecule has 1 heterocycles. The minimum Gasteiger partial charge on any atom is -0.493 e. The molecule has 146 valence electrons. The number of piperidine rings is 1. The van der Waals surface area contributed by atoms with Crippen LogP contribution in [0.25, 0.3) is 0 Å². The van der Waals surface area contributed by atoms with Gasteiger partial charge in [0.05, 0.1) is 31.8 Å². The van der Waals surface area contributed by atoms with Crippen molar-refractivity contribution in [3.8, 4) is 11.5 Å². The second-order valence-electron chi connectivity index (χ2n) is 6.42. The summed E-state index contributed by atoms with van der Waals surface area (Å²) in [4.78, 5) is 0.212. The van der Waals surface area contributed by atoms with E-state index < -0.39 is 10.0 Å². The van der Waals surface area contributed by atoms with Gasteiger partial charge < -0.3 is 14.2 Å². The van der Waals surface area contributed by atoms with Gasteiger partial charge in [0.1, 0.15) is 0 Å². The van der Waals surface area contributed by atoms with Gasteiger partial charge in [-0.2, -0.15) is 4.31 Å². The molecule has 2 aromatic carbocycles. The first-order chi connectivity index (χ1) is 13.0. The lowest BCUT2D eigenvalue weighted by atomic mass is 10.1. The average Bonchev–Trinajstić information content (AvgIpc) is 2.72. The Morgan fingerprint density at radius 3 is 2.26 bits per heavy atom. The predicted molar refractivity (Wildman–Crippen MR) is 103 cm³/mol. The van der Waals surface area contributed by atoms with E-state index in [9.17, 15) is 8.42 Å². The quantitative estimate of drug-likeness (QED) is 0.726. The third kappa shape index (κ3) is 4.61. The van der Waals surface area contributed by atoms with Gasteiger partial charge in [0, 0.05) is 19.2 Å². The van der Waals surface area contributed by atoms with Gasteiger partial charge in [-0.25, -0.2) is 8.42 Å². The Kier molecular flexibility index (Phi) is 6.36. The summed E-state index contributed by atoms with van der Waals surface area (Å²) < 4.78 is 43.7. The molecule has 6 nitrogen and oxygen atoms in total. The van der Waals surface area contributed by atoms with Crippen molar-refractivity contribution in [1.82, 2.24) is 4.31 Å². The molecule has 1 fully saturated rings. The first-order valence-electron chi connectivity index (χ1n) is 8.92. The summed E-state index contributed by atoms with van der Waals surface area (Å²) in [6.07, 6.45) is 1.43. The summed E-state index contributed by atoms with van der Waals surface area (Å²) in [7, 11) is -0.558. The van der Waals surface area contributed by atoms with Crippen molar-refractivity contribution in [2.45, 2.75) is 30.4 Å². The highest BCUT2D eigenvalue weighted by molar-refractivity contribution is 7.89. The van der Waals surface area contributed by atoms with E-state index in [1.54, 1.807) is 12.1 Å². The zero-order valence-electron chi connectivity index (χ0n) is 15.6. The fourth-order valence-electron chi connectivity index (χ4n) is 3.15. The molecule has 1 saturated heterocycles. The maximum absolute atomic E-state index is 12.9. The minimum atomic E-state index is -3.57. The standard InChI is InChI=1S/C20H25NO5S/c1-24-19-9-8-18(14-20(19)25-2)27(22,23)21-12-10-17(11-13-21)26-15-16-6-4-3-5-7-16/h3-9,14,17H,10-13,15H2,1-2H3. The molecular weight excluding hydrogens is 366 g/mol. The number of rotatable bonds is 7. The van der Waals surface area contributed by atoms with Gasteiger partial charge in [-0.1, -0.05) is 30.3 Å². The lowest BCUT2D eigenvalue weighted by molar-refractivity contribution is 0.0102. The molecule has 1 aliphatic rings. The first-order valence-corrected chi connectivity index (χ1v) is 10.4. The third-order valence-electron chi connectivity index (χ3n) is 4.72. The number of nitrogens with zero attached hydrogens (tertiary/aromatic N) is 1. The maximum Gasteiger partial charge on any atom is 0.243 e. The zero-order valence-corrected chi connectivity index (χ0v) is 16.4. The molecule has 0 spiro atoms. The van der Waals surface area contributed by atoms with Crippen LogP contribution in [-0.2, 0) is 21.4 Å². The lowest BCUT2D eigenvalue weighted by Gasteiger charge is -2.31. The Hall–Kier alpha value is -2.09. The average molecular weight is 391 g/mol.